The van der Waals surface area contributed by atoms with E-state index in [0.29, 0.717) is 0 Å². The average molecular weight is 553 g/mol. The minimum atomic E-state index is -2.07. The topological polar surface area (TPSA) is 25.8 Å². The molecule has 6 rings (SSSR count). The van der Waals surface area contributed by atoms with Crippen LogP contribution in [0.25, 0.3) is 11.4 Å². The largest absolute Gasteiger partial charge is 0.254 e. The number of hydrogen-bond acceptors (Lipinski definition) is 2. The lowest BCUT2D eigenvalue weighted by molar-refractivity contribution is 1.26. The highest BCUT2D eigenvalue weighted by molar-refractivity contribution is 7.93. The van der Waals surface area contributed by atoms with Gasteiger partial charge in [0.1, 0.15) is 0 Å². The molecule has 2 aromatic heterocycles. The Hall–Kier alpha value is -4.22. The summed E-state index contributed by atoms with van der Waals surface area (Å²) in [7, 11) is 0. The zero-order chi connectivity index (χ0) is 27.4. The summed E-state index contributed by atoms with van der Waals surface area (Å²) < 4.78 is 0. The lowest BCUT2D eigenvalue weighted by atomic mass is 10.2. The van der Waals surface area contributed by atoms with Gasteiger partial charge in [0, 0.05) is 23.0 Å². The first kappa shape index (κ1) is 26.0. The van der Waals surface area contributed by atoms with Crippen molar-refractivity contribution in [2.24, 2.45) is 0 Å². The fourth-order valence-corrected chi connectivity index (χ4v) is 10.8. The molecule has 0 aliphatic carbocycles. The van der Waals surface area contributed by atoms with Crippen LogP contribution < -0.4 is 31.8 Å². The van der Waals surface area contributed by atoms with Gasteiger partial charge in [-0.1, -0.05) is 146 Å². The van der Waals surface area contributed by atoms with E-state index in [2.05, 4.69) is 121 Å². The first-order valence-corrected chi connectivity index (χ1v) is 17.2. The summed E-state index contributed by atoms with van der Waals surface area (Å²) in [5.74, 6) is 0. The van der Waals surface area contributed by atoms with Crippen molar-refractivity contribution in [3.05, 3.63) is 158 Å². The van der Waals surface area contributed by atoms with Crippen molar-refractivity contribution in [2.45, 2.75) is 0 Å². The molecule has 0 amide bonds. The first-order valence-electron chi connectivity index (χ1n) is 13.2. The highest BCUT2D eigenvalue weighted by Crippen LogP contribution is 2.43. The molecule has 6 aromatic rings. The van der Waals surface area contributed by atoms with Crippen LogP contribution in [0.3, 0.4) is 0 Å². The van der Waals surface area contributed by atoms with Gasteiger partial charge in [-0.2, -0.15) is 0 Å². The number of nitrogens with zero attached hydrogens (tertiary/aromatic N) is 2. The van der Waals surface area contributed by atoms with E-state index >= 15 is 0 Å². The summed E-state index contributed by atoms with van der Waals surface area (Å²) in [6, 6.07) is 50.8. The maximum atomic E-state index is 4.89. The van der Waals surface area contributed by atoms with Gasteiger partial charge >= 0.3 is 0 Å². The minimum Gasteiger partial charge on any atom is -0.254 e. The number of rotatable bonds is 7. The molecule has 2 heterocycles. The van der Waals surface area contributed by atoms with Crippen LogP contribution in [-0.2, 0) is 0 Å². The molecule has 0 N–H and O–H groups in total. The van der Waals surface area contributed by atoms with Gasteiger partial charge in [0.15, 0.2) is 0 Å². The molecule has 0 saturated carbocycles. The van der Waals surface area contributed by atoms with Gasteiger partial charge in [-0.3, -0.25) is 9.97 Å². The summed E-state index contributed by atoms with van der Waals surface area (Å²) in [4.78, 5) is 9.79. The Labute approximate surface area is 237 Å². The van der Waals surface area contributed by atoms with Gasteiger partial charge in [-0.25, -0.2) is 0 Å². The number of hydrogen-bond donors (Lipinski definition) is 0. The molecular formula is C36H30N2P2. The quantitative estimate of drug-likeness (QED) is 0.241. The summed E-state index contributed by atoms with van der Waals surface area (Å²) in [5, 5.41) is 7.21. The predicted octanol–water partition coefficient (Wildman–Crippen LogP) is 5.60. The number of benzene rings is 4. The summed E-state index contributed by atoms with van der Waals surface area (Å²) in [6.07, 6.45) is 13.6. The van der Waals surface area contributed by atoms with E-state index in [4.69, 9.17) is 22.6 Å². The van der Waals surface area contributed by atoms with Gasteiger partial charge < -0.3 is 0 Å². The van der Waals surface area contributed by atoms with Crippen molar-refractivity contribution in [3.8, 4) is 11.4 Å². The third-order valence-electron chi connectivity index (χ3n) is 7.43. The van der Waals surface area contributed by atoms with Crippen LogP contribution in [0.4, 0.5) is 0 Å². The monoisotopic (exact) mass is 552 g/mol. The van der Waals surface area contributed by atoms with Crippen LogP contribution in [0.15, 0.2) is 158 Å². The molecule has 0 spiro atoms. The zero-order valence-corrected chi connectivity index (χ0v) is 24.0. The Bertz CT molecular complexity index is 1570. The van der Waals surface area contributed by atoms with Crippen molar-refractivity contribution in [2.75, 3.05) is 0 Å². The van der Waals surface area contributed by atoms with E-state index in [1.807, 2.05) is 36.7 Å². The second-order valence-electron chi connectivity index (χ2n) is 9.76. The molecule has 0 aliphatic rings. The SMILES string of the molecule is C=P(c1ccccc1)(c1ccccc1)c1ccc(-c2ccc(P(=C)(c3ccccc3)c3ccccc3)cn2)nc1. The van der Waals surface area contributed by atoms with Gasteiger partial charge in [-0.05, 0) is 47.1 Å². The highest BCUT2D eigenvalue weighted by Gasteiger charge is 2.24. The lowest BCUT2D eigenvalue weighted by Gasteiger charge is -2.26. The van der Waals surface area contributed by atoms with E-state index in [-0.39, 0.29) is 0 Å². The van der Waals surface area contributed by atoms with E-state index in [1.54, 1.807) is 0 Å². The van der Waals surface area contributed by atoms with Crippen LogP contribution in [0.5, 0.6) is 0 Å². The van der Waals surface area contributed by atoms with Crippen molar-refractivity contribution in [3.63, 3.8) is 0 Å². The normalized spacial score (nSPS) is 11.7. The molecule has 40 heavy (non-hydrogen) atoms. The van der Waals surface area contributed by atoms with Crippen molar-refractivity contribution < 1.29 is 0 Å². The maximum absolute atomic E-state index is 4.89. The second kappa shape index (κ2) is 11.1. The zero-order valence-electron chi connectivity index (χ0n) is 22.2. The fraction of sp³-hybridized carbons (Fsp3) is 0. The van der Waals surface area contributed by atoms with Gasteiger partial charge in [0.05, 0.1) is 11.4 Å². The van der Waals surface area contributed by atoms with Crippen LogP contribution in [0.2, 0.25) is 0 Å². The lowest BCUT2D eigenvalue weighted by Crippen LogP contribution is -2.26. The Morgan fingerprint density at radius 3 is 0.825 bits per heavy atom. The Kier molecular flexibility index (Phi) is 7.23. The summed E-state index contributed by atoms with van der Waals surface area (Å²) in [6.45, 7) is -4.15. The number of pyridine rings is 2. The van der Waals surface area contributed by atoms with E-state index in [9.17, 15) is 0 Å². The Morgan fingerprint density at radius 2 is 0.600 bits per heavy atom. The van der Waals surface area contributed by atoms with Crippen LogP contribution in [0.1, 0.15) is 0 Å². The molecular weight excluding hydrogens is 522 g/mol. The fourth-order valence-electron chi connectivity index (χ4n) is 5.15. The molecule has 0 unspecified atom stereocenters. The molecule has 0 atom stereocenters. The first-order chi connectivity index (χ1) is 19.6. The van der Waals surface area contributed by atoms with Crippen LogP contribution in [0, 0.1) is 0 Å². The van der Waals surface area contributed by atoms with Crippen LogP contribution in [-0.4, -0.2) is 22.6 Å². The molecule has 194 valence electrons. The third-order valence-corrected chi connectivity index (χ3v) is 14.4. The predicted molar refractivity (Wildman–Crippen MR) is 179 cm³/mol. The third kappa shape index (κ3) is 4.71. The van der Waals surface area contributed by atoms with Crippen molar-refractivity contribution >= 4 is 58.2 Å². The number of aromatic nitrogens is 2. The van der Waals surface area contributed by atoms with Crippen LogP contribution >= 0.6 is 13.8 Å². The minimum absolute atomic E-state index is 0.843. The second-order valence-corrected chi connectivity index (χ2v) is 16.1. The molecule has 0 saturated heterocycles. The van der Waals surface area contributed by atoms with Gasteiger partial charge in [0.25, 0.3) is 0 Å². The highest BCUT2D eigenvalue weighted by atomic mass is 31.2. The average Bonchev–Trinajstić information content (AvgIpc) is 3.06. The van der Waals surface area contributed by atoms with E-state index in [0.717, 1.165) is 22.0 Å². The van der Waals surface area contributed by atoms with Gasteiger partial charge in [-0.15, -0.1) is 0 Å². The van der Waals surface area contributed by atoms with E-state index < -0.39 is 13.8 Å². The molecule has 0 bridgehead atoms. The van der Waals surface area contributed by atoms with Crippen molar-refractivity contribution in [1.82, 2.24) is 9.97 Å². The van der Waals surface area contributed by atoms with E-state index in [1.165, 1.54) is 21.2 Å². The summed E-state index contributed by atoms with van der Waals surface area (Å²) in [5.41, 5.74) is 1.69. The molecule has 4 aromatic carbocycles. The molecule has 0 fully saturated rings. The standard InChI is InChI=1S/C36H30N2P2/c1-39(29-15-7-3-8-16-29,30-17-9-4-10-18-30)33-23-25-35(37-27-33)36-26-24-34(28-38-36)40(2,31-19-11-5-12-20-31)32-21-13-6-14-22-32/h3-28H,1-2H2. The molecule has 2 nitrogen and oxygen atoms in total. The molecule has 0 radical (unpaired) electrons. The summed E-state index contributed by atoms with van der Waals surface area (Å²) >= 11 is 0. The Balaban J connectivity index is 1.37. The molecule has 4 heteroatoms. The maximum Gasteiger partial charge on any atom is 0.0886 e. The molecule has 0 aliphatic heterocycles. The Morgan fingerprint density at radius 1 is 0.325 bits per heavy atom. The van der Waals surface area contributed by atoms with Gasteiger partial charge in [0.2, 0.25) is 0 Å². The van der Waals surface area contributed by atoms with Crippen molar-refractivity contribution in [1.29, 1.82) is 0 Å². The smallest absolute Gasteiger partial charge is 0.0886 e.